The van der Waals surface area contributed by atoms with Gasteiger partial charge in [0.2, 0.25) is 0 Å². The van der Waals surface area contributed by atoms with Crippen LogP contribution in [0, 0.1) is 0 Å². The summed E-state index contributed by atoms with van der Waals surface area (Å²) < 4.78 is 0. The third kappa shape index (κ3) is 2.63. The van der Waals surface area contributed by atoms with Crippen LogP contribution in [0.3, 0.4) is 0 Å². The third-order valence-corrected chi connectivity index (χ3v) is 2.07. The van der Waals surface area contributed by atoms with Crippen molar-refractivity contribution in [3.8, 4) is 0 Å². The standard InChI is InChI=1S/C10H15N2O/c11-9-6-3-5-8(10(9)12)4-1-2-7-13/h3,5-6H,1-2,4,7,11-12H2. The van der Waals surface area contributed by atoms with Gasteiger partial charge < -0.3 is 11.5 Å². The summed E-state index contributed by atoms with van der Waals surface area (Å²) in [7, 11) is 0. The van der Waals surface area contributed by atoms with E-state index in [1.165, 1.54) is 0 Å². The molecular formula is C10H15N2O. The molecule has 1 rings (SSSR count). The summed E-state index contributed by atoms with van der Waals surface area (Å²) in [6.45, 7) is -0.0117. The fraction of sp³-hybridized carbons (Fsp3) is 0.400. The summed E-state index contributed by atoms with van der Waals surface area (Å²) in [4.78, 5) is 0. The summed E-state index contributed by atoms with van der Waals surface area (Å²) in [5.74, 6) is 0. The Bertz CT molecular complexity index is 274. The molecule has 0 aromatic heterocycles. The Morgan fingerprint density at radius 1 is 1.15 bits per heavy atom. The van der Waals surface area contributed by atoms with Gasteiger partial charge in [0.1, 0.15) is 0 Å². The highest BCUT2D eigenvalue weighted by Crippen LogP contribution is 2.20. The van der Waals surface area contributed by atoms with Crippen LogP contribution in [0.25, 0.3) is 0 Å². The van der Waals surface area contributed by atoms with Crippen LogP contribution in [0.1, 0.15) is 18.4 Å². The van der Waals surface area contributed by atoms with Gasteiger partial charge in [0.15, 0.2) is 0 Å². The Morgan fingerprint density at radius 3 is 2.62 bits per heavy atom. The highest BCUT2D eigenvalue weighted by atomic mass is 16.2. The lowest BCUT2D eigenvalue weighted by Crippen LogP contribution is -1.99. The number of nitrogens with two attached hydrogens (primary N) is 2. The monoisotopic (exact) mass is 179 g/mol. The van der Waals surface area contributed by atoms with Gasteiger partial charge in [-0.25, -0.2) is 5.11 Å². The molecule has 71 valence electrons. The van der Waals surface area contributed by atoms with Gasteiger partial charge in [0, 0.05) is 0 Å². The van der Waals surface area contributed by atoms with Crippen LogP contribution in [0.2, 0.25) is 0 Å². The Hall–Kier alpha value is -1.22. The first-order chi connectivity index (χ1) is 6.25. The molecule has 0 saturated heterocycles. The number of para-hydroxylation sites is 1. The van der Waals surface area contributed by atoms with Gasteiger partial charge in [-0.2, -0.15) is 0 Å². The van der Waals surface area contributed by atoms with Gasteiger partial charge in [-0.15, -0.1) is 0 Å². The summed E-state index contributed by atoms with van der Waals surface area (Å²) in [5.41, 5.74) is 13.7. The Kier molecular flexibility index (Phi) is 3.58. The molecule has 0 aliphatic rings. The van der Waals surface area contributed by atoms with Gasteiger partial charge in [0.05, 0.1) is 18.0 Å². The van der Waals surface area contributed by atoms with Crippen molar-refractivity contribution >= 4 is 11.4 Å². The highest BCUT2D eigenvalue weighted by molar-refractivity contribution is 5.67. The van der Waals surface area contributed by atoms with Gasteiger partial charge in [0.25, 0.3) is 0 Å². The van der Waals surface area contributed by atoms with Crippen LogP contribution in [0.15, 0.2) is 18.2 Å². The number of rotatable bonds is 4. The molecule has 0 fully saturated rings. The predicted molar refractivity (Wildman–Crippen MR) is 53.8 cm³/mol. The molecule has 0 atom stereocenters. The summed E-state index contributed by atoms with van der Waals surface area (Å²) >= 11 is 0. The lowest BCUT2D eigenvalue weighted by atomic mass is 10.1. The summed E-state index contributed by atoms with van der Waals surface area (Å²) in [6.07, 6.45) is 2.44. The van der Waals surface area contributed by atoms with Crippen molar-refractivity contribution in [2.75, 3.05) is 18.1 Å². The smallest absolute Gasteiger partial charge is 0.0822 e. The van der Waals surface area contributed by atoms with Crippen LogP contribution in [-0.4, -0.2) is 6.61 Å². The van der Waals surface area contributed by atoms with Crippen molar-refractivity contribution in [3.63, 3.8) is 0 Å². The lowest BCUT2D eigenvalue weighted by Gasteiger charge is -2.06. The van der Waals surface area contributed by atoms with E-state index in [9.17, 15) is 5.11 Å². The van der Waals surface area contributed by atoms with Gasteiger partial charge >= 0.3 is 0 Å². The zero-order chi connectivity index (χ0) is 9.68. The second-order valence-electron chi connectivity index (χ2n) is 3.08. The number of benzene rings is 1. The number of anilines is 2. The molecule has 0 saturated carbocycles. The molecule has 4 N–H and O–H groups in total. The normalized spacial score (nSPS) is 10.2. The van der Waals surface area contributed by atoms with Crippen molar-refractivity contribution in [1.29, 1.82) is 0 Å². The predicted octanol–water partition coefficient (Wildman–Crippen LogP) is 1.60. The van der Waals surface area contributed by atoms with Gasteiger partial charge in [-0.3, -0.25) is 0 Å². The van der Waals surface area contributed by atoms with E-state index in [0.29, 0.717) is 17.8 Å². The van der Waals surface area contributed by atoms with Crippen LogP contribution in [0.4, 0.5) is 11.4 Å². The van der Waals surface area contributed by atoms with Crippen LogP contribution < -0.4 is 11.5 Å². The Morgan fingerprint density at radius 2 is 1.92 bits per heavy atom. The molecular weight excluding hydrogens is 164 g/mol. The molecule has 3 nitrogen and oxygen atoms in total. The van der Waals surface area contributed by atoms with Crippen molar-refractivity contribution < 1.29 is 5.11 Å². The van der Waals surface area contributed by atoms with Crippen LogP contribution in [0.5, 0.6) is 0 Å². The fourth-order valence-corrected chi connectivity index (χ4v) is 1.27. The molecule has 1 radical (unpaired) electrons. The average molecular weight is 179 g/mol. The molecule has 0 amide bonds. The summed E-state index contributed by atoms with van der Waals surface area (Å²) in [5, 5.41) is 10.2. The maximum Gasteiger partial charge on any atom is 0.0822 e. The number of nitrogen functional groups attached to an aromatic ring is 2. The zero-order valence-electron chi connectivity index (χ0n) is 7.62. The Labute approximate surface area is 78.4 Å². The fourth-order valence-electron chi connectivity index (χ4n) is 1.27. The Balaban J connectivity index is 2.61. The number of hydrogen-bond acceptors (Lipinski definition) is 2. The minimum atomic E-state index is -0.0117. The molecule has 1 aromatic rings. The minimum Gasteiger partial charge on any atom is -0.397 e. The molecule has 0 spiro atoms. The van der Waals surface area contributed by atoms with E-state index in [-0.39, 0.29) is 6.61 Å². The van der Waals surface area contributed by atoms with Crippen molar-refractivity contribution in [3.05, 3.63) is 23.8 Å². The number of hydrogen-bond donors (Lipinski definition) is 2. The zero-order valence-corrected chi connectivity index (χ0v) is 7.62. The largest absolute Gasteiger partial charge is 0.397 e. The van der Waals surface area contributed by atoms with E-state index in [0.717, 1.165) is 18.4 Å². The van der Waals surface area contributed by atoms with E-state index in [1.807, 2.05) is 12.1 Å². The maximum atomic E-state index is 10.2. The molecule has 0 unspecified atom stereocenters. The SMILES string of the molecule is Nc1cccc(CCCC[O])c1N. The highest BCUT2D eigenvalue weighted by Gasteiger charge is 2.01. The van der Waals surface area contributed by atoms with E-state index in [1.54, 1.807) is 6.07 Å². The van der Waals surface area contributed by atoms with Gasteiger partial charge in [-0.1, -0.05) is 12.1 Å². The maximum absolute atomic E-state index is 10.2. The second kappa shape index (κ2) is 4.72. The molecule has 3 heteroatoms. The number of aryl methyl sites for hydroxylation is 1. The molecule has 0 heterocycles. The topological polar surface area (TPSA) is 71.9 Å². The van der Waals surface area contributed by atoms with Gasteiger partial charge in [-0.05, 0) is 30.9 Å². The van der Waals surface area contributed by atoms with Crippen LogP contribution >= 0.6 is 0 Å². The molecule has 0 aliphatic heterocycles. The van der Waals surface area contributed by atoms with E-state index in [4.69, 9.17) is 11.5 Å². The molecule has 0 bridgehead atoms. The molecule has 0 aliphatic carbocycles. The lowest BCUT2D eigenvalue weighted by molar-refractivity contribution is 0.187. The van der Waals surface area contributed by atoms with E-state index < -0.39 is 0 Å². The second-order valence-corrected chi connectivity index (χ2v) is 3.08. The molecule has 1 aromatic carbocycles. The first-order valence-corrected chi connectivity index (χ1v) is 4.46. The first-order valence-electron chi connectivity index (χ1n) is 4.46. The van der Waals surface area contributed by atoms with Crippen molar-refractivity contribution in [2.45, 2.75) is 19.3 Å². The van der Waals surface area contributed by atoms with Crippen molar-refractivity contribution in [1.82, 2.24) is 0 Å². The van der Waals surface area contributed by atoms with Crippen molar-refractivity contribution in [2.24, 2.45) is 0 Å². The first kappa shape index (κ1) is 9.86. The summed E-state index contributed by atoms with van der Waals surface area (Å²) in [6, 6.07) is 5.63. The van der Waals surface area contributed by atoms with Crippen LogP contribution in [-0.2, 0) is 11.5 Å². The quantitative estimate of drug-likeness (QED) is 0.544. The third-order valence-electron chi connectivity index (χ3n) is 2.07. The average Bonchev–Trinajstić information content (AvgIpc) is 2.13. The molecule has 13 heavy (non-hydrogen) atoms. The van der Waals surface area contributed by atoms with E-state index in [2.05, 4.69) is 0 Å². The van der Waals surface area contributed by atoms with E-state index >= 15 is 0 Å². The minimum absolute atomic E-state index is 0.0117. The number of unbranched alkanes of at least 4 members (excludes halogenated alkanes) is 1.